The zero-order valence-corrected chi connectivity index (χ0v) is 17.6. The molecule has 5 rings (SSSR count). The zero-order chi connectivity index (χ0) is 21.9. The van der Waals surface area contributed by atoms with E-state index in [0.29, 0.717) is 0 Å². The normalized spacial score (nSPS) is 11.9. The van der Waals surface area contributed by atoms with Crippen LogP contribution in [0.1, 0.15) is 17.2 Å². The molecule has 0 aliphatic carbocycles. The van der Waals surface area contributed by atoms with Gasteiger partial charge >= 0.3 is 0 Å². The predicted octanol–water partition coefficient (Wildman–Crippen LogP) is 6.15. The van der Waals surface area contributed by atoms with Gasteiger partial charge in [0.15, 0.2) is 0 Å². The molecule has 1 unspecified atom stereocenters. The van der Waals surface area contributed by atoms with Gasteiger partial charge in [0.25, 0.3) is 0 Å². The first-order valence-electron chi connectivity index (χ1n) is 10.5. The summed E-state index contributed by atoms with van der Waals surface area (Å²) in [6, 6.07) is 31.3. The van der Waals surface area contributed by atoms with E-state index in [1.807, 2.05) is 91.0 Å². The van der Waals surface area contributed by atoms with Crippen molar-refractivity contribution in [1.82, 2.24) is 9.71 Å². The van der Waals surface area contributed by atoms with Crippen molar-refractivity contribution in [3.05, 3.63) is 114 Å². The lowest BCUT2D eigenvalue weighted by Crippen LogP contribution is -2.14. The topological polar surface area (TPSA) is 59.3 Å². The van der Waals surface area contributed by atoms with Gasteiger partial charge in [-0.2, -0.15) is 4.73 Å². The van der Waals surface area contributed by atoms with Gasteiger partial charge in [0.1, 0.15) is 11.6 Å². The monoisotopic (exact) mass is 421 g/mol. The average molecular weight is 422 g/mol. The molecule has 2 N–H and O–H groups in total. The lowest BCUT2D eigenvalue weighted by molar-refractivity contribution is 0.204. The maximum Gasteiger partial charge on any atom is 0.126 e. The quantitative estimate of drug-likeness (QED) is 0.323. The largest absolute Gasteiger partial charge is 0.497 e. The van der Waals surface area contributed by atoms with Gasteiger partial charge < -0.3 is 15.3 Å². The Bertz CT molecular complexity index is 1350. The first-order chi connectivity index (χ1) is 15.8. The standard InChI is InChI=1S/C27H23N3O2/c1-32-21-13-9-12-20(18-21)26(29-24-16-7-8-17-28-24)25-22-14-5-6-15-23(22)30(31)27(25)19-10-3-2-4-11-19/h2-18,26,31H,1H3,(H,28,29). The van der Waals surface area contributed by atoms with Gasteiger partial charge in [0.2, 0.25) is 0 Å². The molecule has 0 saturated heterocycles. The van der Waals surface area contributed by atoms with Crippen LogP contribution in [0.15, 0.2) is 103 Å². The Hall–Kier alpha value is -4.25. The highest BCUT2D eigenvalue weighted by Crippen LogP contribution is 2.41. The van der Waals surface area contributed by atoms with E-state index < -0.39 is 0 Å². The van der Waals surface area contributed by atoms with Gasteiger partial charge in [-0.3, -0.25) is 0 Å². The van der Waals surface area contributed by atoms with Crippen LogP contribution in [0.2, 0.25) is 0 Å². The molecular weight excluding hydrogens is 398 g/mol. The van der Waals surface area contributed by atoms with E-state index in [4.69, 9.17) is 4.74 Å². The van der Waals surface area contributed by atoms with Crippen LogP contribution >= 0.6 is 0 Å². The smallest absolute Gasteiger partial charge is 0.126 e. The predicted molar refractivity (Wildman–Crippen MR) is 127 cm³/mol. The van der Waals surface area contributed by atoms with Crippen molar-refractivity contribution in [2.24, 2.45) is 0 Å². The minimum atomic E-state index is -0.284. The Labute approximate surface area is 186 Å². The molecule has 5 nitrogen and oxygen atoms in total. The molecule has 158 valence electrons. The van der Waals surface area contributed by atoms with Crippen molar-refractivity contribution in [3.63, 3.8) is 0 Å². The number of hydrogen-bond donors (Lipinski definition) is 2. The lowest BCUT2D eigenvalue weighted by Gasteiger charge is -2.22. The van der Waals surface area contributed by atoms with Crippen molar-refractivity contribution in [1.29, 1.82) is 0 Å². The third-order valence-corrected chi connectivity index (χ3v) is 5.61. The van der Waals surface area contributed by atoms with Crippen molar-refractivity contribution < 1.29 is 9.94 Å². The second-order valence-corrected chi connectivity index (χ2v) is 7.53. The molecule has 0 aliphatic rings. The Morgan fingerprint density at radius 2 is 1.66 bits per heavy atom. The molecule has 5 aromatic rings. The molecule has 0 amide bonds. The van der Waals surface area contributed by atoms with E-state index in [9.17, 15) is 5.21 Å². The number of rotatable bonds is 6. The van der Waals surface area contributed by atoms with Gasteiger partial charge in [-0.15, -0.1) is 0 Å². The van der Waals surface area contributed by atoms with Crippen LogP contribution in [0.5, 0.6) is 5.75 Å². The van der Waals surface area contributed by atoms with Gasteiger partial charge in [-0.05, 0) is 35.9 Å². The van der Waals surface area contributed by atoms with Crippen LogP contribution in [-0.2, 0) is 0 Å². The molecule has 3 aromatic carbocycles. The molecule has 0 saturated carbocycles. The molecule has 1 atom stereocenters. The number of benzene rings is 3. The molecule has 5 heteroatoms. The Morgan fingerprint density at radius 3 is 2.44 bits per heavy atom. The van der Waals surface area contributed by atoms with Crippen molar-refractivity contribution in [2.45, 2.75) is 6.04 Å². The van der Waals surface area contributed by atoms with E-state index in [-0.39, 0.29) is 6.04 Å². The van der Waals surface area contributed by atoms with Gasteiger partial charge in [0.05, 0.1) is 24.4 Å². The van der Waals surface area contributed by atoms with Crippen LogP contribution in [0.25, 0.3) is 22.2 Å². The number of nitrogens with zero attached hydrogens (tertiary/aromatic N) is 2. The number of aromatic nitrogens is 2. The third-order valence-electron chi connectivity index (χ3n) is 5.61. The van der Waals surface area contributed by atoms with E-state index in [1.165, 1.54) is 4.73 Å². The molecule has 0 bridgehead atoms. The number of pyridine rings is 1. The van der Waals surface area contributed by atoms with E-state index in [1.54, 1.807) is 13.3 Å². The zero-order valence-electron chi connectivity index (χ0n) is 17.6. The second-order valence-electron chi connectivity index (χ2n) is 7.53. The van der Waals surface area contributed by atoms with Crippen molar-refractivity contribution in [3.8, 4) is 17.0 Å². The molecule has 0 spiro atoms. The number of hydrogen-bond acceptors (Lipinski definition) is 4. The highest BCUT2D eigenvalue weighted by atomic mass is 16.5. The fourth-order valence-corrected chi connectivity index (χ4v) is 4.15. The molecular formula is C27H23N3O2. The highest BCUT2D eigenvalue weighted by Gasteiger charge is 2.27. The number of anilines is 1. The van der Waals surface area contributed by atoms with Crippen molar-refractivity contribution >= 4 is 16.7 Å². The number of fused-ring (bicyclic) bond motifs is 1. The molecule has 2 aromatic heterocycles. The van der Waals surface area contributed by atoms with Crippen LogP contribution in [-0.4, -0.2) is 22.0 Å². The molecule has 2 heterocycles. The van der Waals surface area contributed by atoms with E-state index >= 15 is 0 Å². The Kier molecular flexibility index (Phi) is 5.22. The van der Waals surface area contributed by atoms with Crippen LogP contribution < -0.4 is 10.1 Å². The van der Waals surface area contributed by atoms with Gasteiger partial charge in [-0.25, -0.2) is 4.98 Å². The minimum absolute atomic E-state index is 0.284. The summed E-state index contributed by atoms with van der Waals surface area (Å²) in [4.78, 5) is 4.49. The van der Waals surface area contributed by atoms with Crippen LogP contribution in [0.4, 0.5) is 5.82 Å². The van der Waals surface area contributed by atoms with Gasteiger partial charge in [0, 0.05) is 22.7 Å². The van der Waals surface area contributed by atoms with Gasteiger partial charge in [-0.1, -0.05) is 66.7 Å². The summed E-state index contributed by atoms with van der Waals surface area (Å²) in [6.07, 6.45) is 1.76. The third kappa shape index (κ3) is 3.54. The SMILES string of the molecule is COc1cccc(C(Nc2ccccn2)c2c(-c3ccccc3)n(O)c3ccccc23)c1. The summed E-state index contributed by atoms with van der Waals surface area (Å²) in [5.74, 6) is 1.51. The maximum absolute atomic E-state index is 11.2. The average Bonchev–Trinajstić information content (AvgIpc) is 3.16. The maximum atomic E-state index is 11.2. The molecule has 32 heavy (non-hydrogen) atoms. The molecule has 0 fully saturated rings. The second kappa shape index (κ2) is 8.47. The fourth-order valence-electron chi connectivity index (χ4n) is 4.15. The fraction of sp³-hybridized carbons (Fsp3) is 0.0741. The minimum Gasteiger partial charge on any atom is -0.497 e. The lowest BCUT2D eigenvalue weighted by atomic mass is 9.93. The first kappa shape index (κ1) is 19.7. The number of ether oxygens (including phenoxy) is 1. The summed E-state index contributed by atoms with van der Waals surface area (Å²) in [5, 5.41) is 15.8. The number of nitrogens with one attached hydrogen (secondary N) is 1. The summed E-state index contributed by atoms with van der Waals surface area (Å²) in [5.41, 5.74) is 4.38. The highest BCUT2D eigenvalue weighted by molar-refractivity contribution is 5.93. The molecule has 0 aliphatic heterocycles. The number of methoxy groups -OCH3 is 1. The van der Waals surface area contributed by atoms with Crippen molar-refractivity contribution in [2.75, 3.05) is 12.4 Å². The summed E-state index contributed by atoms with van der Waals surface area (Å²) >= 11 is 0. The Balaban J connectivity index is 1.80. The summed E-state index contributed by atoms with van der Waals surface area (Å²) in [7, 11) is 1.66. The van der Waals surface area contributed by atoms with Crippen LogP contribution in [0, 0.1) is 0 Å². The molecule has 0 radical (unpaired) electrons. The summed E-state index contributed by atoms with van der Waals surface area (Å²) < 4.78 is 6.79. The Morgan fingerprint density at radius 1 is 0.875 bits per heavy atom. The number of para-hydroxylation sites is 1. The van der Waals surface area contributed by atoms with E-state index in [2.05, 4.69) is 16.4 Å². The van der Waals surface area contributed by atoms with Crippen LogP contribution in [0.3, 0.4) is 0 Å². The summed E-state index contributed by atoms with van der Waals surface area (Å²) in [6.45, 7) is 0. The van der Waals surface area contributed by atoms with E-state index in [0.717, 1.165) is 44.9 Å². The first-order valence-corrected chi connectivity index (χ1v) is 10.5.